The largest absolute Gasteiger partial charge is 0.481 e. The van der Waals surface area contributed by atoms with Gasteiger partial charge in [0.1, 0.15) is 11.4 Å². The summed E-state index contributed by atoms with van der Waals surface area (Å²) in [6.45, 7) is 12.7. The number of hydrogen-bond acceptors (Lipinski definition) is 3. The zero-order valence-electron chi connectivity index (χ0n) is 18.6. The second-order valence-corrected chi connectivity index (χ2v) is 8.69. The number of halogens is 1. The maximum Gasteiger partial charge on any atom is 0.408 e. The molecule has 162 valence electrons. The molecule has 2 rings (SSSR count). The Morgan fingerprint density at radius 3 is 2.23 bits per heavy atom. The van der Waals surface area contributed by atoms with E-state index in [1.165, 1.54) is 0 Å². The van der Waals surface area contributed by atoms with Gasteiger partial charge < -0.3 is 15.2 Å². The van der Waals surface area contributed by atoms with Crippen molar-refractivity contribution >= 4 is 12.1 Å². The number of ether oxygens (including phenoxy) is 1. The molecule has 0 bridgehead atoms. The van der Waals surface area contributed by atoms with E-state index in [1.54, 1.807) is 39.8 Å². The topological polar surface area (TPSA) is 75.6 Å². The maximum absolute atomic E-state index is 15.1. The van der Waals surface area contributed by atoms with Crippen molar-refractivity contribution in [1.82, 2.24) is 5.32 Å². The average Bonchev–Trinajstić information content (AvgIpc) is 2.58. The molecule has 1 amide bonds. The summed E-state index contributed by atoms with van der Waals surface area (Å²) >= 11 is 0. The summed E-state index contributed by atoms with van der Waals surface area (Å²) in [6, 6.07) is 6.34. The van der Waals surface area contributed by atoms with Crippen molar-refractivity contribution in [1.29, 1.82) is 0 Å². The highest BCUT2D eigenvalue weighted by atomic mass is 19.1. The minimum Gasteiger partial charge on any atom is -0.481 e. The van der Waals surface area contributed by atoms with Crippen LogP contribution in [0.25, 0.3) is 11.1 Å². The minimum absolute atomic E-state index is 0.124. The number of aliphatic carboxylic acids is 1. The lowest BCUT2D eigenvalue weighted by molar-refractivity contribution is -0.137. The van der Waals surface area contributed by atoms with Crippen molar-refractivity contribution in [3.8, 4) is 11.1 Å². The average molecular weight is 416 g/mol. The summed E-state index contributed by atoms with van der Waals surface area (Å²) in [5, 5.41) is 11.9. The predicted octanol–water partition coefficient (Wildman–Crippen LogP) is 5.77. The van der Waals surface area contributed by atoms with E-state index in [2.05, 4.69) is 5.32 Å². The Hall–Kier alpha value is -2.89. The van der Waals surface area contributed by atoms with Crippen LogP contribution in [-0.2, 0) is 9.53 Å². The van der Waals surface area contributed by atoms with Gasteiger partial charge in [0, 0.05) is 5.56 Å². The van der Waals surface area contributed by atoms with Gasteiger partial charge in [0.15, 0.2) is 0 Å². The molecule has 0 aliphatic carbocycles. The monoisotopic (exact) mass is 415 g/mol. The molecular formula is C24H30FNO4. The van der Waals surface area contributed by atoms with Crippen LogP contribution in [0.2, 0.25) is 0 Å². The van der Waals surface area contributed by atoms with Gasteiger partial charge in [-0.3, -0.25) is 4.79 Å². The fraction of sp³-hybridized carbons (Fsp3) is 0.417. The summed E-state index contributed by atoms with van der Waals surface area (Å²) in [6.07, 6.45) is -1.26. The number of benzene rings is 2. The summed E-state index contributed by atoms with van der Waals surface area (Å²) in [5.74, 6) is -1.69. The predicted molar refractivity (Wildman–Crippen MR) is 115 cm³/mol. The molecule has 0 radical (unpaired) electrons. The summed E-state index contributed by atoms with van der Waals surface area (Å²) in [4.78, 5) is 23.7. The van der Waals surface area contributed by atoms with Gasteiger partial charge in [-0.05, 0) is 94.0 Å². The molecule has 2 N–H and O–H groups in total. The van der Waals surface area contributed by atoms with Crippen LogP contribution in [0.15, 0.2) is 24.3 Å². The van der Waals surface area contributed by atoms with Gasteiger partial charge in [0.25, 0.3) is 0 Å². The molecule has 0 saturated heterocycles. The van der Waals surface area contributed by atoms with E-state index in [1.807, 2.05) is 32.9 Å². The van der Waals surface area contributed by atoms with E-state index in [9.17, 15) is 14.7 Å². The van der Waals surface area contributed by atoms with Gasteiger partial charge in [0.2, 0.25) is 0 Å². The number of aryl methyl sites for hydroxylation is 3. The Morgan fingerprint density at radius 1 is 1.07 bits per heavy atom. The van der Waals surface area contributed by atoms with Crippen molar-refractivity contribution in [2.45, 2.75) is 66.5 Å². The van der Waals surface area contributed by atoms with Gasteiger partial charge in [-0.2, -0.15) is 0 Å². The molecule has 1 atom stereocenters. The summed E-state index contributed by atoms with van der Waals surface area (Å²) < 4.78 is 20.3. The number of carboxylic acids is 1. The highest BCUT2D eigenvalue weighted by molar-refractivity contribution is 5.75. The molecule has 2 aromatic rings. The van der Waals surface area contributed by atoms with Gasteiger partial charge >= 0.3 is 12.1 Å². The van der Waals surface area contributed by atoms with Crippen molar-refractivity contribution in [2.24, 2.45) is 0 Å². The molecule has 30 heavy (non-hydrogen) atoms. The first-order chi connectivity index (χ1) is 13.8. The SMILES string of the molecule is Cc1ccc(C)c(-c2cc(C)c(F)c(C(CC(=O)O)NC(=O)OC(C)(C)C)c2)c1C. The Labute approximate surface area is 177 Å². The van der Waals surface area contributed by atoms with E-state index in [0.717, 1.165) is 27.8 Å². The molecule has 0 aliphatic heterocycles. The minimum atomic E-state index is -1.15. The first-order valence-corrected chi connectivity index (χ1v) is 9.88. The van der Waals surface area contributed by atoms with Crippen LogP contribution in [0.5, 0.6) is 0 Å². The Bertz CT molecular complexity index is 976. The lowest BCUT2D eigenvalue weighted by Gasteiger charge is -2.24. The van der Waals surface area contributed by atoms with E-state index in [4.69, 9.17) is 4.74 Å². The smallest absolute Gasteiger partial charge is 0.408 e. The standard InChI is InChI=1S/C24H30FNO4/c1-13-8-9-14(2)21(16(13)4)17-10-15(3)22(25)18(11-17)19(12-20(27)28)26-23(29)30-24(5,6)7/h8-11,19H,12H2,1-7H3,(H,26,29)(H,27,28). The molecule has 0 heterocycles. The highest BCUT2D eigenvalue weighted by Crippen LogP contribution is 2.34. The summed E-state index contributed by atoms with van der Waals surface area (Å²) in [5.41, 5.74) is 4.71. The van der Waals surface area contributed by atoms with Crippen LogP contribution in [0, 0.1) is 33.5 Å². The lowest BCUT2D eigenvalue weighted by atomic mass is 9.89. The molecule has 2 aromatic carbocycles. The zero-order chi connectivity index (χ0) is 22.8. The Morgan fingerprint density at radius 2 is 1.67 bits per heavy atom. The fourth-order valence-electron chi connectivity index (χ4n) is 3.45. The number of alkyl carbamates (subject to hydrolysis) is 1. The number of amides is 1. The molecule has 0 fully saturated rings. The molecule has 0 saturated carbocycles. The maximum atomic E-state index is 15.1. The quantitative estimate of drug-likeness (QED) is 0.650. The van der Waals surface area contributed by atoms with Crippen molar-refractivity contribution in [3.63, 3.8) is 0 Å². The number of carbonyl (C=O) groups is 2. The number of carbonyl (C=O) groups excluding carboxylic acids is 1. The van der Waals surface area contributed by atoms with Gasteiger partial charge in [-0.15, -0.1) is 0 Å². The summed E-state index contributed by atoms with van der Waals surface area (Å²) in [7, 11) is 0. The highest BCUT2D eigenvalue weighted by Gasteiger charge is 2.26. The van der Waals surface area contributed by atoms with Gasteiger partial charge in [-0.25, -0.2) is 9.18 Å². The Kier molecular flexibility index (Phi) is 6.91. The van der Waals surface area contributed by atoms with Crippen molar-refractivity contribution < 1.29 is 23.8 Å². The molecule has 6 heteroatoms. The van der Waals surface area contributed by atoms with Gasteiger partial charge in [0.05, 0.1) is 12.5 Å². The van der Waals surface area contributed by atoms with Crippen LogP contribution >= 0.6 is 0 Å². The van der Waals surface area contributed by atoms with E-state index in [-0.39, 0.29) is 5.56 Å². The third-order valence-electron chi connectivity index (χ3n) is 4.96. The zero-order valence-corrected chi connectivity index (χ0v) is 18.6. The van der Waals surface area contributed by atoms with E-state index in [0.29, 0.717) is 5.56 Å². The molecule has 0 aliphatic rings. The lowest BCUT2D eigenvalue weighted by Crippen LogP contribution is -2.36. The normalized spacial score (nSPS) is 12.4. The number of hydrogen-bond donors (Lipinski definition) is 2. The number of nitrogens with one attached hydrogen (secondary N) is 1. The molecule has 0 spiro atoms. The van der Waals surface area contributed by atoms with Crippen molar-refractivity contribution in [2.75, 3.05) is 0 Å². The molecule has 5 nitrogen and oxygen atoms in total. The molecule has 0 aromatic heterocycles. The molecule has 1 unspecified atom stereocenters. The Balaban J connectivity index is 2.58. The fourth-order valence-corrected chi connectivity index (χ4v) is 3.45. The third kappa shape index (κ3) is 5.59. The second kappa shape index (κ2) is 8.86. The van der Waals surface area contributed by atoms with E-state index >= 15 is 4.39 Å². The van der Waals surface area contributed by atoms with Crippen LogP contribution in [0.3, 0.4) is 0 Å². The van der Waals surface area contributed by atoms with E-state index < -0.39 is 35.9 Å². The third-order valence-corrected chi connectivity index (χ3v) is 4.96. The van der Waals surface area contributed by atoms with Crippen LogP contribution in [0.4, 0.5) is 9.18 Å². The molecular weight excluding hydrogens is 385 g/mol. The first-order valence-electron chi connectivity index (χ1n) is 9.88. The van der Waals surface area contributed by atoms with Gasteiger partial charge in [-0.1, -0.05) is 12.1 Å². The number of rotatable bonds is 5. The first kappa shape index (κ1) is 23.4. The van der Waals surface area contributed by atoms with Crippen LogP contribution in [0.1, 0.15) is 61.1 Å². The number of carboxylic acid groups (broad SMARTS) is 1. The van der Waals surface area contributed by atoms with Crippen LogP contribution < -0.4 is 5.32 Å². The second-order valence-electron chi connectivity index (χ2n) is 8.69. The van der Waals surface area contributed by atoms with Crippen LogP contribution in [-0.4, -0.2) is 22.8 Å². The van der Waals surface area contributed by atoms with Crippen molar-refractivity contribution in [3.05, 3.63) is 57.9 Å².